The predicted octanol–water partition coefficient (Wildman–Crippen LogP) is 20.4. The van der Waals surface area contributed by atoms with E-state index in [1.165, 1.54) is 218 Å². The number of allylic oxidation sites excluding steroid dienone is 6. The summed E-state index contributed by atoms with van der Waals surface area (Å²) in [5, 5.41) is 0. The van der Waals surface area contributed by atoms with Gasteiger partial charge in [-0.3, -0.25) is 14.4 Å². The van der Waals surface area contributed by atoms with Crippen molar-refractivity contribution in [3.63, 3.8) is 0 Å². The molecule has 0 aromatic rings. The standard InChI is InChI=1S/C63H116O6/c1-4-7-10-13-16-19-22-25-28-30-31-33-36-38-41-44-47-50-53-56-62(65)68-59-60(69-63(66)57-54-51-48-45-42-39-34-27-24-21-18-15-12-9-6-3)58-67-61(64)55-52-49-46-43-40-37-35-32-29-26-23-20-17-14-11-8-5-2/h16,19,25,27-28,34,60H,4-15,17-18,20-24,26,29-33,35-59H2,1-3H3/b19-16-,28-25-,34-27-/t60-/m0/s1. The lowest BCUT2D eigenvalue weighted by atomic mass is 10.0. The van der Waals surface area contributed by atoms with Crippen molar-refractivity contribution in [3.05, 3.63) is 36.5 Å². The van der Waals surface area contributed by atoms with Crippen molar-refractivity contribution in [2.75, 3.05) is 13.2 Å². The number of hydrogen-bond acceptors (Lipinski definition) is 6. The van der Waals surface area contributed by atoms with Crippen molar-refractivity contribution >= 4 is 17.9 Å². The highest BCUT2D eigenvalue weighted by atomic mass is 16.6. The monoisotopic (exact) mass is 969 g/mol. The third-order valence-electron chi connectivity index (χ3n) is 13.6. The number of rotatable bonds is 56. The molecule has 0 N–H and O–H groups in total. The first-order valence-electron chi connectivity index (χ1n) is 30.5. The van der Waals surface area contributed by atoms with E-state index in [2.05, 4.69) is 57.2 Å². The molecule has 0 aliphatic rings. The maximum absolute atomic E-state index is 12.9. The summed E-state index contributed by atoms with van der Waals surface area (Å²) >= 11 is 0. The third kappa shape index (κ3) is 56.4. The highest BCUT2D eigenvalue weighted by molar-refractivity contribution is 5.71. The average Bonchev–Trinajstić information content (AvgIpc) is 3.35. The van der Waals surface area contributed by atoms with Crippen LogP contribution in [0.15, 0.2) is 36.5 Å². The van der Waals surface area contributed by atoms with Crippen molar-refractivity contribution < 1.29 is 28.6 Å². The van der Waals surface area contributed by atoms with E-state index in [0.717, 1.165) is 70.6 Å². The zero-order valence-electron chi connectivity index (χ0n) is 46.3. The van der Waals surface area contributed by atoms with E-state index in [-0.39, 0.29) is 31.1 Å². The largest absolute Gasteiger partial charge is 0.462 e. The lowest BCUT2D eigenvalue weighted by Crippen LogP contribution is -2.30. The zero-order valence-corrected chi connectivity index (χ0v) is 46.3. The van der Waals surface area contributed by atoms with Gasteiger partial charge < -0.3 is 14.2 Å². The van der Waals surface area contributed by atoms with E-state index < -0.39 is 6.10 Å². The van der Waals surface area contributed by atoms with Crippen LogP contribution in [0.1, 0.15) is 329 Å². The molecule has 0 rings (SSSR count). The lowest BCUT2D eigenvalue weighted by Gasteiger charge is -2.18. The second-order valence-electron chi connectivity index (χ2n) is 20.6. The van der Waals surface area contributed by atoms with E-state index in [9.17, 15) is 14.4 Å². The van der Waals surface area contributed by atoms with Crippen LogP contribution in [0.25, 0.3) is 0 Å². The summed E-state index contributed by atoms with van der Waals surface area (Å²) in [7, 11) is 0. The topological polar surface area (TPSA) is 78.9 Å². The lowest BCUT2D eigenvalue weighted by molar-refractivity contribution is -0.167. The van der Waals surface area contributed by atoms with Crippen LogP contribution >= 0.6 is 0 Å². The summed E-state index contributed by atoms with van der Waals surface area (Å²) < 4.78 is 16.9. The van der Waals surface area contributed by atoms with E-state index in [1.54, 1.807) is 0 Å². The second-order valence-corrected chi connectivity index (χ2v) is 20.6. The van der Waals surface area contributed by atoms with Gasteiger partial charge in [0.1, 0.15) is 13.2 Å². The molecule has 0 saturated carbocycles. The number of esters is 3. The number of ether oxygens (including phenoxy) is 3. The SMILES string of the molecule is CCCCC/C=C\C/C=C\CCCCCCCCCCCC(=O)OC[C@H](COC(=O)CCCCCCCCCCCCCCCCCCC)OC(=O)CCCCCCC/C=C\CCCCCCCC. The number of unbranched alkanes of at least 4 members (excludes halogenated alkanes) is 39. The van der Waals surface area contributed by atoms with Gasteiger partial charge in [-0.2, -0.15) is 0 Å². The summed E-state index contributed by atoms with van der Waals surface area (Å²) in [6, 6.07) is 0. The van der Waals surface area contributed by atoms with E-state index in [4.69, 9.17) is 14.2 Å². The van der Waals surface area contributed by atoms with Crippen molar-refractivity contribution in [3.8, 4) is 0 Å². The number of carbonyl (C=O) groups is 3. The smallest absolute Gasteiger partial charge is 0.306 e. The quantitative estimate of drug-likeness (QED) is 0.0261. The van der Waals surface area contributed by atoms with E-state index in [0.29, 0.717) is 19.3 Å². The van der Waals surface area contributed by atoms with E-state index >= 15 is 0 Å². The van der Waals surface area contributed by atoms with Crippen molar-refractivity contribution in [2.24, 2.45) is 0 Å². The molecule has 1 atom stereocenters. The zero-order chi connectivity index (χ0) is 50.0. The van der Waals surface area contributed by atoms with Gasteiger partial charge in [0.05, 0.1) is 0 Å². The molecule has 404 valence electrons. The van der Waals surface area contributed by atoms with Gasteiger partial charge in [-0.05, 0) is 77.0 Å². The van der Waals surface area contributed by atoms with Gasteiger partial charge in [-0.1, -0.05) is 269 Å². The van der Waals surface area contributed by atoms with Gasteiger partial charge >= 0.3 is 17.9 Å². The Kier molecular flexibility index (Phi) is 56.2. The summed E-state index contributed by atoms with van der Waals surface area (Å²) in [6.07, 6.45) is 69.9. The summed E-state index contributed by atoms with van der Waals surface area (Å²) in [6.45, 7) is 6.65. The molecule has 0 aromatic heterocycles. The molecule has 0 aromatic carbocycles. The molecule has 6 heteroatoms. The van der Waals surface area contributed by atoms with Gasteiger partial charge in [0, 0.05) is 19.3 Å². The fourth-order valence-electron chi connectivity index (χ4n) is 9.00. The molecule has 0 spiro atoms. The molecule has 0 heterocycles. The minimum Gasteiger partial charge on any atom is -0.462 e. The Bertz CT molecular complexity index is 1160. The van der Waals surface area contributed by atoms with Crippen LogP contribution in [0.5, 0.6) is 0 Å². The Hall–Kier alpha value is -2.37. The van der Waals surface area contributed by atoms with Gasteiger partial charge in [0.2, 0.25) is 0 Å². The van der Waals surface area contributed by atoms with Gasteiger partial charge in [-0.15, -0.1) is 0 Å². The maximum atomic E-state index is 12.9. The van der Waals surface area contributed by atoms with Crippen LogP contribution < -0.4 is 0 Å². The molecule has 0 unspecified atom stereocenters. The van der Waals surface area contributed by atoms with Gasteiger partial charge in [-0.25, -0.2) is 0 Å². The normalized spacial score (nSPS) is 12.2. The molecule has 0 saturated heterocycles. The predicted molar refractivity (Wildman–Crippen MR) is 298 cm³/mol. The highest BCUT2D eigenvalue weighted by Gasteiger charge is 2.19. The molecule has 0 aliphatic carbocycles. The summed E-state index contributed by atoms with van der Waals surface area (Å²) in [4.78, 5) is 38.2. The van der Waals surface area contributed by atoms with Crippen LogP contribution in [0.3, 0.4) is 0 Å². The number of carbonyl (C=O) groups excluding carboxylic acids is 3. The summed E-state index contributed by atoms with van der Waals surface area (Å²) in [5.74, 6) is -0.865. The van der Waals surface area contributed by atoms with Gasteiger partial charge in [0.15, 0.2) is 6.10 Å². The van der Waals surface area contributed by atoms with Crippen LogP contribution in [0.4, 0.5) is 0 Å². The van der Waals surface area contributed by atoms with E-state index in [1.807, 2.05) is 0 Å². The molecular weight excluding hydrogens is 853 g/mol. The molecule has 0 radical (unpaired) electrons. The molecule has 0 bridgehead atoms. The Morgan fingerprint density at radius 1 is 0.290 bits per heavy atom. The van der Waals surface area contributed by atoms with Crippen LogP contribution in [0.2, 0.25) is 0 Å². The van der Waals surface area contributed by atoms with Crippen molar-refractivity contribution in [2.45, 2.75) is 335 Å². The highest BCUT2D eigenvalue weighted by Crippen LogP contribution is 2.17. The Labute approximate surface area is 429 Å². The molecule has 0 fully saturated rings. The van der Waals surface area contributed by atoms with Crippen LogP contribution in [0, 0.1) is 0 Å². The van der Waals surface area contributed by atoms with Gasteiger partial charge in [0.25, 0.3) is 0 Å². The van der Waals surface area contributed by atoms with Crippen LogP contribution in [-0.4, -0.2) is 37.2 Å². The first-order valence-corrected chi connectivity index (χ1v) is 30.5. The third-order valence-corrected chi connectivity index (χ3v) is 13.6. The average molecular weight is 970 g/mol. The first kappa shape index (κ1) is 66.6. The molecule has 0 amide bonds. The molecular formula is C63H116O6. The maximum Gasteiger partial charge on any atom is 0.306 e. The fraction of sp³-hybridized carbons (Fsp3) is 0.857. The molecule has 69 heavy (non-hydrogen) atoms. The Balaban J connectivity index is 4.34. The number of hydrogen-bond donors (Lipinski definition) is 0. The fourth-order valence-corrected chi connectivity index (χ4v) is 9.00. The second kappa shape index (κ2) is 58.2. The minimum absolute atomic E-state index is 0.0727. The first-order chi connectivity index (χ1) is 34.0. The Morgan fingerprint density at radius 3 is 0.841 bits per heavy atom. The van der Waals surface area contributed by atoms with Crippen molar-refractivity contribution in [1.29, 1.82) is 0 Å². The van der Waals surface area contributed by atoms with Crippen molar-refractivity contribution in [1.82, 2.24) is 0 Å². The Morgan fingerprint density at radius 2 is 0.522 bits per heavy atom. The molecule has 0 aliphatic heterocycles. The minimum atomic E-state index is -0.776. The molecule has 6 nitrogen and oxygen atoms in total. The summed E-state index contributed by atoms with van der Waals surface area (Å²) in [5.41, 5.74) is 0. The van der Waals surface area contributed by atoms with Crippen LogP contribution in [-0.2, 0) is 28.6 Å².